The standard InChI is InChI=1S/C19H23ClO/c1-4-13-11-14(5-2)18(15(6-3)12-13)19(21)16-7-9-17(20)10-8-16/h7-12,19,21H,4-6H2,1-3H3. The maximum Gasteiger partial charge on any atom is 0.105 e. The van der Waals surface area contributed by atoms with Crippen LogP contribution in [0.5, 0.6) is 0 Å². The molecule has 0 spiro atoms. The number of aliphatic hydroxyl groups excluding tert-OH is 1. The molecule has 0 radical (unpaired) electrons. The fourth-order valence-corrected chi connectivity index (χ4v) is 2.93. The van der Waals surface area contributed by atoms with Gasteiger partial charge in [-0.3, -0.25) is 0 Å². The first-order valence-corrected chi connectivity index (χ1v) is 8.06. The van der Waals surface area contributed by atoms with Gasteiger partial charge in [-0.1, -0.05) is 56.6 Å². The number of benzene rings is 2. The van der Waals surface area contributed by atoms with E-state index in [9.17, 15) is 5.11 Å². The highest BCUT2D eigenvalue weighted by atomic mass is 35.5. The molecule has 2 heteroatoms. The van der Waals surface area contributed by atoms with E-state index in [0.29, 0.717) is 5.02 Å². The van der Waals surface area contributed by atoms with Crippen molar-refractivity contribution < 1.29 is 5.11 Å². The van der Waals surface area contributed by atoms with Crippen molar-refractivity contribution >= 4 is 11.6 Å². The van der Waals surface area contributed by atoms with Crippen molar-refractivity contribution in [3.8, 4) is 0 Å². The molecule has 0 saturated carbocycles. The van der Waals surface area contributed by atoms with Gasteiger partial charge >= 0.3 is 0 Å². The van der Waals surface area contributed by atoms with Crippen LogP contribution in [-0.4, -0.2) is 5.11 Å². The molecule has 0 aliphatic rings. The normalized spacial score (nSPS) is 12.4. The molecule has 1 nitrogen and oxygen atoms in total. The van der Waals surface area contributed by atoms with Crippen LogP contribution in [0.1, 0.15) is 54.7 Å². The summed E-state index contributed by atoms with van der Waals surface area (Å²) in [6.07, 6.45) is 2.30. The Balaban J connectivity index is 2.52. The quantitative estimate of drug-likeness (QED) is 0.814. The molecule has 0 amide bonds. The van der Waals surface area contributed by atoms with E-state index in [-0.39, 0.29) is 0 Å². The largest absolute Gasteiger partial charge is 0.384 e. The second kappa shape index (κ2) is 7.11. The summed E-state index contributed by atoms with van der Waals surface area (Å²) in [5.41, 5.74) is 5.80. The van der Waals surface area contributed by atoms with Gasteiger partial charge in [0.05, 0.1) is 0 Å². The summed E-state index contributed by atoms with van der Waals surface area (Å²) < 4.78 is 0. The number of aryl methyl sites for hydroxylation is 3. The molecule has 0 aromatic heterocycles. The molecule has 0 bridgehead atoms. The van der Waals surface area contributed by atoms with Crippen LogP contribution in [0.2, 0.25) is 5.02 Å². The zero-order valence-corrected chi connectivity index (χ0v) is 13.7. The fraction of sp³-hybridized carbons (Fsp3) is 0.368. The Hall–Kier alpha value is -1.31. The van der Waals surface area contributed by atoms with E-state index in [4.69, 9.17) is 11.6 Å². The molecule has 0 fully saturated rings. The van der Waals surface area contributed by atoms with Crippen LogP contribution in [-0.2, 0) is 19.3 Å². The highest BCUT2D eigenvalue weighted by Crippen LogP contribution is 2.31. The van der Waals surface area contributed by atoms with Gasteiger partial charge in [0.2, 0.25) is 0 Å². The van der Waals surface area contributed by atoms with Gasteiger partial charge in [-0.15, -0.1) is 0 Å². The topological polar surface area (TPSA) is 20.2 Å². The molecule has 0 aliphatic heterocycles. The second-order valence-corrected chi connectivity index (χ2v) is 5.78. The summed E-state index contributed by atoms with van der Waals surface area (Å²) >= 11 is 5.94. The molecular formula is C19H23ClO. The molecule has 0 saturated heterocycles. The molecule has 112 valence electrons. The van der Waals surface area contributed by atoms with E-state index in [1.807, 2.05) is 24.3 Å². The fourth-order valence-electron chi connectivity index (χ4n) is 2.80. The lowest BCUT2D eigenvalue weighted by atomic mass is 9.88. The molecule has 1 atom stereocenters. The number of rotatable bonds is 5. The monoisotopic (exact) mass is 302 g/mol. The maximum absolute atomic E-state index is 10.8. The first kappa shape index (κ1) is 16.1. The lowest BCUT2D eigenvalue weighted by molar-refractivity contribution is 0.218. The minimum absolute atomic E-state index is 0.585. The van der Waals surface area contributed by atoms with Gasteiger partial charge in [0.1, 0.15) is 6.10 Å². The molecule has 0 aliphatic carbocycles. The smallest absolute Gasteiger partial charge is 0.105 e. The van der Waals surface area contributed by atoms with Gasteiger partial charge in [0.15, 0.2) is 0 Å². The first-order chi connectivity index (χ1) is 10.1. The van der Waals surface area contributed by atoms with Crippen molar-refractivity contribution in [1.29, 1.82) is 0 Å². The van der Waals surface area contributed by atoms with Gasteiger partial charge in [0, 0.05) is 5.02 Å². The highest BCUT2D eigenvalue weighted by Gasteiger charge is 2.18. The summed E-state index contributed by atoms with van der Waals surface area (Å²) in [6, 6.07) is 11.9. The van der Waals surface area contributed by atoms with Crippen molar-refractivity contribution in [2.45, 2.75) is 46.1 Å². The van der Waals surface area contributed by atoms with Gasteiger partial charge in [0.25, 0.3) is 0 Å². The summed E-state index contributed by atoms with van der Waals surface area (Å²) in [4.78, 5) is 0. The third-order valence-electron chi connectivity index (χ3n) is 4.04. The van der Waals surface area contributed by atoms with Crippen molar-refractivity contribution in [2.24, 2.45) is 0 Å². The predicted molar refractivity (Wildman–Crippen MR) is 90.1 cm³/mol. The van der Waals surface area contributed by atoms with Gasteiger partial charge in [-0.2, -0.15) is 0 Å². The van der Waals surface area contributed by atoms with E-state index in [1.54, 1.807) is 0 Å². The van der Waals surface area contributed by atoms with Gasteiger partial charge in [-0.25, -0.2) is 0 Å². The van der Waals surface area contributed by atoms with Crippen molar-refractivity contribution in [2.75, 3.05) is 0 Å². The molecule has 2 aromatic rings. The highest BCUT2D eigenvalue weighted by molar-refractivity contribution is 6.30. The Morgan fingerprint density at radius 3 is 1.86 bits per heavy atom. The first-order valence-electron chi connectivity index (χ1n) is 7.68. The Bertz CT molecular complexity index is 576. The number of aliphatic hydroxyl groups is 1. The lowest BCUT2D eigenvalue weighted by Gasteiger charge is -2.21. The van der Waals surface area contributed by atoms with Crippen LogP contribution in [0.15, 0.2) is 36.4 Å². The van der Waals surface area contributed by atoms with Crippen molar-refractivity contribution in [1.82, 2.24) is 0 Å². The van der Waals surface area contributed by atoms with Crippen LogP contribution in [0.4, 0.5) is 0 Å². The molecule has 2 aromatic carbocycles. The molecule has 21 heavy (non-hydrogen) atoms. The Labute approximate surface area is 132 Å². The zero-order chi connectivity index (χ0) is 15.4. The van der Waals surface area contributed by atoms with E-state index in [2.05, 4.69) is 32.9 Å². The van der Waals surface area contributed by atoms with Crippen molar-refractivity contribution in [3.05, 3.63) is 69.2 Å². The van der Waals surface area contributed by atoms with Crippen molar-refractivity contribution in [3.63, 3.8) is 0 Å². The summed E-state index contributed by atoms with van der Waals surface area (Å²) in [7, 11) is 0. The zero-order valence-electron chi connectivity index (χ0n) is 13.0. The minimum atomic E-state index is -0.585. The van der Waals surface area contributed by atoms with E-state index in [0.717, 1.165) is 30.4 Å². The maximum atomic E-state index is 10.8. The second-order valence-electron chi connectivity index (χ2n) is 5.34. The van der Waals surface area contributed by atoms with Crippen LogP contribution >= 0.6 is 11.6 Å². The molecule has 1 N–H and O–H groups in total. The average molecular weight is 303 g/mol. The molecule has 2 rings (SSSR count). The Morgan fingerprint density at radius 2 is 1.43 bits per heavy atom. The Morgan fingerprint density at radius 1 is 0.905 bits per heavy atom. The van der Waals surface area contributed by atoms with E-state index < -0.39 is 6.10 Å². The van der Waals surface area contributed by atoms with Crippen LogP contribution in [0.3, 0.4) is 0 Å². The Kier molecular flexibility index (Phi) is 5.44. The summed E-state index contributed by atoms with van der Waals surface area (Å²) in [6.45, 7) is 6.46. The van der Waals surface area contributed by atoms with Crippen LogP contribution in [0, 0.1) is 0 Å². The lowest BCUT2D eigenvalue weighted by Crippen LogP contribution is -2.08. The minimum Gasteiger partial charge on any atom is -0.384 e. The number of halogens is 1. The van der Waals surface area contributed by atoms with Crippen LogP contribution in [0.25, 0.3) is 0 Å². The third-order valence-corrected chi connectivity index (χ3v) is 4.29. The summed E-state index contributed by atoms with van der Waals surface area (Å²) in [5.74, 6) is 0. The number of hydrogen-bond acceptors (Lipinski definition) is 1. The third kappa shape index (κ3) is 3.48. The summed E-state index contributed by atoms with van der Waals surface area (Å²) in [5, 5.41) is 11.5. The SMILES string of the molecule is CCc1cc(CC)c(C(O)c2ccc(Cl)cc2)c(CC)c1. The molecule has 1 unspecified atom stereocenters. The molecular weight excluding hydrogens is 280 g/mol. The average Bonchev–Trinajstić information content (AvgIpc) is 2.53. The predicted octanol–water partition coefficient (Wildman–Crippen LogP) is 5.11. The van der Waals surface area contributed by atoms with E-state index >= 15 is 0 Å². The van der Waals surface area contributed by atoms with Gasteiger partial charge in [-0.05, 0) is 59.2 Å². The van der Waals surface area contributed by atoms with Gasteiger partial charge < -0.3 is 5.11 Å². The van der Waals surface area contributed by atoms with Crippen LogP contribution < -0.4 is 0 Å². The number of hydrogen-bond donors (Lipinski definition) is 1. The molecule has 0 heterocycles. The van der Waals surface area contributed by atoms with E-state index in [1.165, 1.54) is 16.7 Å².